The van der Waals surface area contributed by atoms with Crippen LogP contribution in [0.15, 0.2) is 18.2 Å². The average molecular weight is 372 g/mol. The van der Waals surface area contributed by atoms with Crippen molar-refractivity contribution in [2.24, 2.45) is 5.92 Å². The number of amides is 3. The van der Waals surface area contributed by atoms with Crippen LogP contribution < -0.4 is 10.6 Å². The van der Waals surface area contributed by atoms with Crippen molar-refractivity contribution in [2.75, 3.05) is 18.4 Å². The highest BCUT2D eigenvalue weighted by Crippen LogP contribution is 2.25. The van der Waals surface area contributed by atoms with Crippen LogP contribution in [0.5, 0.6) is 0 Å². The first-order valence-electron chi connectivity index (χ1n) is 8.20. The minimum absolute atomic E-state index is 0.000942. The maximum absolute atomic E-state index is 12.7. The Labute approximate surface area is 152 Å². The lowest BCUT2D eigenvalue weighted by molar-refractivity contribution is -0.135. The first-order chi connectivity index (χ1) is 11.4. The van der Waals surface area contributed by atoms with E-state index in [2.05, 4.69) is 10.6 Å². The van der Waals surface area contributed by atoms with E-state index in [0.29, 0.717) is 15.7 Å². The van der Waals surface area contributed by atoms with Crippen LogP contribution in [-0.4, -0.2) is 36.0 Å². The van der Waals surface area contributed by atoms with Crippen LogP contribution in [0.25, 0.3) is 0 Å². The molecule has 24 heavy (non-hydrogen) atoms. The summed E-state index contributed by atoms with van der Waals surface area (Å²) in [5, 5.41) is 6.25. The van der Waals surface area contributed by atoms with Gasteiger partial charge in [0, 0.05) is 18.8 Å². The molecule has 1 aliphatic heterocycles. The molecule has 1 unspecified atom stereocenters. The molecule has 2 rings (SSSR count). The first-order valence-corrected chi connectivity index (χ1v) is 8.95. The Morgan fingerprint density at radius 1 is 1.08 bits per heavy atom. The highest BCUT2D eigenvalue weighted by molar-refractivity contribution is 6.42. The minimum atomic E-state index is -0.550. The van der Waals surface area contributed by atoms with Crippen molar-refractivity contribution in [3.05, 3.63) is 28.2 Å². The third-order valence-corrected chi connectivity index (χ3v) is 4.80. The molecule has 0 aromatic heterocycles. The highest BCUT2D eigenvalue weighted by Gasteiger charge is 2.29. The third kappa shape index (κ3) is 5.02. The molecule has 0 aliphatic carbocycles. The number of carbonyl (C=O) groups is 2. The molecule has 0 bridgehead atoms. The molecule has 0 spiro atoms. The highest BCUT2D eigenvalue weighted by atomic mass is 35.5. The van der Waals surface area contributed by atoms with Crippen LogP contribution in [0.4, 0.5) is 10.5 Å². The molecule has 5 nitrogen and oxygen atoms in total. The van der Waals surface area contributed by atoms with E-state index in [1.165, 1.54) is 0 Å². The van der Waals surface area contributed by atoms with Gasteiger partial charge in [0.1, 0.15) is 6.04 Å². The van der Waals surface area contributed by atoms with E-state index in [-0.39, 0.29) is 11.8 Å². The Balaban J connectivity index is 1.99. The van der Waals surface area contributed by atoms with Gasteiger partial charge in [-0.05, 0) is 43.4 Å². The predicted molar refractivity (Wildman–Crippen MR) is 97.7 cm³/mol. The van der Waals surface area contributed by atoms with Gasteiger partial charge in [-0.2, -0.15) is 0 Å². The summed E-state index contributed by atoms with van der Waals surface area (Å²) < 4.78 is 0. The van der Waals surface area contributed by atoms with Crippen LogP contribution in [0, 0.1) is 5.92 Å². The van der Waals surface area contributed by atoms with Gasteiger partial charge in [0.15, 0.2) is 0 Å². The summed E-state index contributed by atoms with van der Waals surface area (Å²) in [6.45, 7) is 5.37. The number of carbonyl (C=O) groups excluding carboxylic acids is 2. The average Bonchev–Trinajstić information content (AvgIpc) is 2.56. The Kier molecular flexibility index (Phi) is 6.75. The van der Waals surface area contributed by atoms with E-state index in [1.54, 1.807) is 18.2 Å². The molecule has 2 N–H and O–H groups in total. The minimum Gasteiger partial charge on any atom is -0.341 e. The topological polar surface area (TPSA) is 61.4 Å². The largest absolute Gasteiger partial charge is 0.341 e. The number of likely N-dealkylation sites (tertiary alicyclic amines) is 1. The van der Waals surface area contributed by atoms with Crippen LogP contribution in [-0.2, 0) is 4.79 Å². The zero-order chi connectivity index (χ0) is 17.7. The van der Waals surface area contributed by atoms with Crippen molar-refractivity contribution in [3.63, 3.8) is 0 Å². The lowest BCUT2D eigenvalue weighted by Gasteiger charge is -2.32. The van der Waals surface area contributed by atoms with Gasteiger partial charge in [-0.15, -0.1) is 0 Å². The van der Waals surface area contributed by atoms with E-state index in [1.807, 2.05) is 18.7 Å². The molecule has 132 valence electrons. The third-order valence-electron chi connectivity index (χ3n) is 4.06. The SMILES string of the molecule is CC(C)C(NC(=O)Nc1ccc(Cl)c(Cl)c1)C(=O)N1CCCCC1. The van der Waals surface area contributed by atoms with E-state index in [9.17, 15) is 9.59 Å². The Hall–Kier alpha value is -1.46. The summed E-state index contributed by atoms with van der Waals surface area (Å²) in [5.41, 5.74) is 0.523. The number of anilines is 1. The molecular formula is C17H23Cl2N3O2. The van der Waals surface area contributed by atoms with Crippen molar-refractivity contribution in [1.82, 2.24) is 10.2 Å². The second-order valence-electron chi connectivity index (χ2n) is 6.33. The van der Waals surface area contributed by atoms with Gasteiger partial charge in [-0.1, -0.05) is 37.0 Å². The van der Waals surface area contributed by atoms with Crippen molar-refractivity contribution in [3.8, 4) is 0 Å². The number of rotatable bonds is 4. The van der Waals surface area contributed by atoms with Gasteiger partial charge in [-0.3, -0.25) is 4.79 Å². The number of benzene rings is 1. The molecule has 3 amide bonds. The summed E-state index contributed by atoms with van der Waals surface area (Å²) in [7, 11) is 0. The molecule has 1 aliphatic rings. The normalized spacial score (nSPS) is 16.0. The number of halogens is 2. The molecule has 1 aromatic rings. The number of urea groups is 1. The fourth-order valence-corrected chi connectivity index (χ4v) is 3.00. The molecule has 1 fully saturated rings. The maximum atomic E-state index is 12.7. The van der Waals surface area contributed by atoms with Crippen LogP contribution in [0.2, 0.25) is 10.0 Å². The second-order valence-corrected chi connectivity index (χ2v) is 7.15. The molecule has 0 radical (unpaired) electrons. The predicted octanol–water partition coefficient (Wildman–Crippen LogP) is 4.15. The second kappa shape index (κ2) is 8.58. The summed E-state index contributed by atoms with van der Waals surface area (Å²) in [5.74, 6) is -0.0204. The molecule has 1 atom stereocenters. The lowest BCUT2D eigenvalue weighted by Crippen LogP contribution is -2.53. The Bertz CT molecular complexity index is 601. The van der Waals surface area contributed by atoms with E-state index >= 15 is 0 Å². The van der Waals surface area contributed by atoms with Gasteiger partial charge in [0.25, 0.3) is 0 Å². The smallest absolute Gasteiger partial charge is 0.319 e. The zero-order valence-corrected chi connectivity index (χ0v) is 15.5. The number of hydrogen-bond acceptors (Lipinski definition) is 2. The summed E-state index contributed by atoms with van der Waals surface area (Å²) in [6, 6.07) is 3.85. The van der Waals surface area contributed by atoms with Gasteiger partial charge in [-0.25, -0.2) is 4.79 Å². The number of piperidine rings is 1. The number of nitrogens with one attached hydrogen (secondary N) is 2. The van der Waals surface area contributed by atoms with Crippen LogP contribution >= 0.6 is 23.2 Å². The molecule has 7 heteroatoms. The zero-order valence-electron chi connectivity index (χ0n) is 13.9. The van der Waals surface area contributed by atoms with Crippen LogP contribution in [0.3, 0.4) is 0 Å². The van der Waals surface area contributed by atoms with Crippen molar-refractivity contribution >= 4 is 40.8 Å². The molecule has 1 aromatic carbocycles. The summed E-state index contributed by atoms with van der Waals surface area (Å²) >= 11 is 11.8. The molecular weight excluding hydrogens is 349 g/mol. The summed E-state index contributed by atoms with van der Waals surface area (Å²) in [4.78, 5) is 26.8. The fraction of sp³-hybridized carbons (Fsp3) is 0.529. The van der Waals surface area contributed by atoms with E-state index < -0.39 is 12.1 Å². The van der Waals surface area contributed by atoms with Crippen molar-refractivity contribution in [1.29, 1.82) is 0 Å². The molecule has 0 saturated carbocycles. The maximum Gasteiger partial charge on any atom is 0.319 e. The van der Waals surface area contributed by atoms with Gasteiger partial charge in [0.2, 0.25) is 5.91 Å². The molecule has 1 heterocycles. The Morgan fingerprint density at radius 2 is 1.75 bits per heavy atom. The van der Waals surface area contributed by atoms with Crippen molar-refractivity contribution < 1.29 is 9.59 Å². The number of hydrogen-bond donors (Lipinski definition) is 2. The van der Waals surface area contributed by atoms with Crippen molar-refractivity contribution in [2.45, 2.75) is 39.2 Å². The van der Waals surface area contributed by atoms with E-state index in [0.717, 1.165) is 32.4 Å². The van der Waals surface area contributed by atoms with Gasteiger partial charge < -0.3 is 15.5 Å². The van der Waals surface area contributed by atoms with Crippen LogP contribution in [0.1, 0.15) is 33.1 Å². The number of nitrogens with zero attached hydrogens (tertiary/aromatic N) is 1. The fourth-order valence-electron chi connectivity index (χ4n) is 2.71. The summed E-state index contributed by atoms with van der Waals surface area (Å²) in [6.07, 6.45) is 3.19. The quantitative estimate of drug-likeness (QED) is 0.834. The first kappa shape index (κ1) is 18.9. The lowest BCUT2D eigenvalue weighted by atomic mass is 10.0. The standard InChI is InChI=1S/C17H23Cl2N3O2/c1-11(2)15(16(23)22-8-4-3-5-9-22)21-17(24)20-12-6-7-13(18)14(19)10-12/h6-7,10-11,15H,3-5,8-9H2,1-2H3,(H2,20,21,24). The monoisotopic (exact) mass is 371 g/mol. The Morgan fingerprint density at radius 3 is 2.33 bits per heavy atom. The molecule has 1 saturated heterocycles. The van der Waals surface area contributed by atoms with E-state index in [4.69, 9.17) is 23.2 Å². The van der Waals surface area contributed by atoms with Gasteiger partial charge in [0.05, 0.1) is 10.0 Å². The van der Waals surface area contributed by atoms with Gasteiger partial charge >= 0.3 is 6.03 Å².